The molecule has 0 aromatic carbocycles. The SMILES string of the molecule is Cc1occc1C(=O)N(CCC(=O)NCCCN1CCCC[C@@H]1C)C[C@@H]1CCCO1. The molecule has 2 atom stereocenters. The zero-order chi connectivity index (χ0) is 21.3. The van der Waals surface area contributed by atoms with Gasteiger partial charge in [0.1, 0.15) is 5.76 Å². The van der Waals surface area contributed by atoms with Crippen molar-refractivity contribution in [2.45, 2.75) is 70.9 Å². The van der Waals surface area contributed by atoms with Gasteiger partial charge in [-0.1, -0.05) is 6.42 Å². The Bertz CT molecular complexity index is 684. The Morgan fingerprint density at radius 1 is 1.27 bits per heavy atom. The quantitative estimate of drug-likeness (QED) is 0.590. The van der Waals surface area contributed by atoms with Crippen LogP contribution in [0.25, 0.3) is 0 Å². The number of hydrogen-bond acceptors (Lipinski definition) is 5. The highest BCUT2D eigenvalue weighted by atomic mass is 16.5. The minimum absolute atomic E-state index is 0.00394. The molecule has 2 amide bonds. The molecular formula is C23H37N3O4. The second-order valence-electron chi connectivity index (χ2n) is 8.61. The number of nitrogens with one attached hydrogen (secondary N) is 1. The fourth-order valence-electron chi connectivity index (χ4n) is 4.41. The molecule has 3 heterocycles. The molecule has 0 aliphatic carbocycles. The Labute approximate surface area is 180 Å². The van der Waals surface area contributed by atoms with Gasteiger partial charge >= 0.3 is 0 Å². The highest BCUT2D eigenvalue weighted by molar-refractivity contribution is 5.95. The molecule has 7 heteroatoms. The summed E-state index contributed by atoms with van der Waals surface area (Å²) in [6.45, 7) is 8.61. The lowest BCUT2D eigenvalue weighted by atomic mass is 10.0. The number of likely N-dealkylation sites (tertiary alicyclic amines) is 1. The zero-order valence-corrected chi connectivity index (χ0v) is 18.5. The molecule has 2 fully saturated rings. The molecule has 0 radical (unpaired) electrons. The van der Waals surface area contributed by atoms with E-state index in [1.54, 1.807) is 17.9 Å². The normalized spacial score (nSPS) is 22.2. The second-order valence-corrected chi connectivity index (χ2v) is 8.61. The smallest absolute Gasteiger partial charge is 0.257 e. The largest absolute Gasteiger partial charge is 0.469 e. The van der Waals surface area contributed by atoms with Crippen LogP contribution in [0.3, 0.4) is 0 Å². The van der Waals surface area contributed by atoms with Crippen LogP contribution in [-0.4, -0.2) is 73.1 Å². The van der Waals surface area contributed by atoms with Crippen molar-refractivity contribution in [3.8, 4) is 0 Å². The average molecular weight is 420 g/mol. The maximum absolute atomic E-state index is 13.0. The van der Waals surface area contributed by atoms with Gasteiger partial charge in [-0.15, -0.1) is 0 Å². The Balaban J connectivity index is 1.42. The first-order chi connectivity index (χ1) is 14.5. The number of amides is 2. The van der Waals surface area contributed by atoms with Crippen LogP contribution in [0.2, 0.25) is 0 Å². The number of rotatable bonds is 10. The molecule has 1 aromatic rings. The maximum Gasteiger partial charge on any atom is 0.257 e. The fourth-order valence-corrected chi connectivity index (χ4v) is 4.41. The zero-order valence-electron chi connectivity index (χ0n) is 18.5. The van der Waals surface area contributed by atoms with Crippen LogP contribution in [0.1, 0.15) is 68.0 Å². The minimum atomic E-state index is -0.0939. The molecule has 2 aliphatic heterocycles. The van der Waals surface area contributed by atoms with Crippen LogP contribution in [0.5, 0.6) is 0 Å². The summed E-state index contributed by atoms with van der Waals surface area (Å²) in [5.41, 5.74) is 0.559. The van der Waals surface area contributed by atoms with E-state index in [1.807, 2.05) is 0 Å². The summed E-state index contributed by atoms with van der Waals surface area (Å²) in [5, 5.41) is 3.02. The molecule has 30 heavy (non-hydrogen) atoms. The van der Waals surface area contributed by atoms with E-state index in [1.165, 1.54) is 32.1 Å². The van der Waals surface area contributed by atoms with Gasteiger partial charge in [-0.05, 0) is 58.6 Å². The number of carbonyl (C=O) groups is 2. The van der Waals surface area contributed by atoms with Crippen molar-refractivity contribution in [3.05, 3.63) is 23.7 Å². The Hall–Kier alpha value is -1.86. The van der Waals surface area contributed by atoms with E-state index in [0.29, 0.717) is 43.4 Å². The summed E-state index contributed by atoms with van der Waals surface area (Å²) in [4.78, 5) is 29.6. The van der Waals surface area contributed by atoms with Gasteiger partial charge in [0, 0.05) is 45.2 Å². The van der Waals surface area contributed by atoms with Gasteiger partial charge in [0.2, 0.25) is 5.91 Å². The number of piperidine rings is 1. The number of furan rings is 1. The maximum atomic E-state index is 13.0. The van der Waals surface area contributed by atoms with Gasteiger partial charge in [-0.3, -0.25) is 9.59 Å². The van der Waals surface area contributed by atoms with Crippen molar-refractivity contribution in [1.82, 2.24) is 15.1 Å². The van der Waals surface area contributed by atoms with Crippen molar-refractivity contribution in [2.75, 3.05) is 39.3 Å². The highest BCUT2D eigenvalue weighted by Gasteiger charge is 2.25. The fraction of sp³-hybridized carbons (Fsp3) is 0.739. The summed E-state index contributed by atoms with van der Waals surface area (Å²) in [5.74, 6) is 0.508. The Kier molecular flexibility index (Phi) is 8.75. The highest BCUT2D eigenvalue weighted by Crippen LogP contribution is 2.18. The molecule has 0 unspecified atom stereocenters. The molecule has 1 aromatic heterocycles. The molecule has 0 saturated carbocycles. The van der Waals surface area contributed by atoms with E-state index in [9.17, 15) is 9.59 Å². The van der Waals surface area contributed by atoms with Crippen molar-refractivity contribution in [1.29, 1.82) is 0 Å². The Morgan fingerprint density at radius 2 is 2.13 bits per heavy atom. The van der Waals surface area contributed by atoms with Crippen LogP contribution < -0.4 is 5.32 Å². The predicted octanol–water partition coefficient (Wildman–Crippen LogP) is 2.98. The molecule has 1 N–H and O–H groups in total. The predicted molar refractivity (Wildman–Crippen MR) is 115 cm³/mol. The van der Waals surface area contributed by atoms with Gasteiger partial charge in [-0.25, -0.2) is 0 Å². The van der Waals surface area contributed by atoms with Crippen LogP contribution in [0.15, 0.2) is 16.7 Å². The third-order valence-corrected chi connectivity index (χ3v) is 6.32. The second kappa shape index (κ2) is 11.5. The van der Waals surface area contributed by atoms with E-state index >= 15 is 0 Å². The standard InChI is InChI=1S/C23H37N3O4/c1-18-7-3-4-12-25(18)13-6-11-24-22(27)9-14-26(17-20-8-5-15-30-20)23(28)21-10-16-29-19(21)2/h10,16,18,20H,3-9,11-15,17H2,1-2H3,(H,24,27)/t18-,20-/m0/s1. The first kappa shape index (κ1) is 22.8. The van der Waals surface area contributed by atoms with E-state index in [0.717, 1.165) is 32.4 Å². The van der Waals surface area contributed by atoms with Crippen LogP contribution in [-0.2, 0) is 9.53 Å². The molecule has 0 spiro atoms. The summed E-state index contributed by atoms with van der Waals surface area (Å²) >= 11 is 0. The van der Waals surface area contributed by atoms with Gasteiger partial charge in [0.15, 0.2) is 0 Å². The Morgan fingerprint density at radius 3 is 2.83 bits per heavy atom. The van der Waals surface area contributed by atoms with Crippen LogP contribution in [0, 0.1) is 6.92 Å². The first-order valence-corrected chi connectivity index (χ1v) is 11.5. The van der Waals surface area contributed by atoms with E-state index in [2.05, 4.69) is 17.1 Å². The molecule has 168 valence electrons. The summed E-state index contributed by atoms with van der Waals surface area (Å²) < 4.78 is 11.0. The lowest BCUT2D eigenvalue weighted by Crippen LogP contribution is -2.41. The average Bonchev–Trinajstić information content (AvgIpc) is 3.40. The molecule has 0 bridgehead atoms. The molecular weight excluding hydrogens is 382 g/mol. The van der Waals surface area contributed by atoms with E-state index < -0.39 is 0 Å². The van der Waals surface area contributed by atoms with Crippen molar-refractivity contribution < 1.29 is 18.7 Å². The topological polar surface area (TPSA) is 75.0 Å². The molecule has 3 rings (SSSR count). The van der Waals surface area contributed by atoms with Crippen molar-refractivity contribution >= 4 is 11.8 Å². The summed E-state index contributed by atoms with van der Waals surface area (Å²) in [6.07, 6.45) is 8.70. The third kappa shape index (κ3) is 6.57. The van der Waals surface area contributed by atoms with Crippen molar-refractivity contribution in [2.24, 2.45) is 0 Å². The first-order valence-electron chi connectivity index (χ1n) is 11.5. The number of carbonyl (C=O) groups excluding carboxylic acids is 2. The van der Waals surface area contributed by atoms with Crippen molar-refractivity contribution in [3.63, 3.8) is 0 Å². The number of nitrogens with zero attached hydrogens (tertiary/aromatic N) is 2. The third-order valence-electron chi connectivity index (χ3n) is 6.32. The van der Waals surface area contributed by atoms with E-state index in [-0.39, 0.29) is 17.9 Å². The molecule has 7 nitrogen and oxygen atoms in total. The number of ether oxygens (including phenoxy) is 1. The lowest BCUT2D eigenvalue weighted by Gasteiger charge is -2.33. The van der Waals surface area contributed by atoms with Gasteiger partial charge in [-0.2, -0.15) is 0 Å². The summed E-state index contributed by atoms with van der Waals surface area (Å²) in [6, 6.07) is 2.35. The minimum Gasteiger partial charge on any atom is -0.469 e. The van der Waals surface area contributed by atoms with Gasteiger partial charge in [0.05, 0.1) is 17.9 Å². The number of hydrogen-bond donors (Lipinski definition) is 1. The summed E-state index contributed by atoms with van der Waals surface area (Å²) in [7, 11) is 0. The van der Waals surface area contributed by atoms with E-state index in [4.69, 9.17) is 9.15 Å². The molecule has 2 saturated heterocycles. The monoisotopic (exact) mass is 419 g/mol. The van der Waals surface area contributed by atoms with Gasteiger partial charge < -0.3 is 24.3 Å². The number of aryl methyl sites for hydroxylation is 1. The van der Waals surface area contributed by atoms with Gasteiger partial charge in [0.25, 0.3) is 5.91 Å². The van der Waals surface area contributed by atoms with Crippen LogP contribution >= 0.6 is 0 Å². The lowest BCUT2D eigenvalue weighted by molar-refractivity contribution is -0.121. The molecule has 2 aliphatic rings. The van der Waals surface area contributed by atoms with Crippen LogP contribution in [0.4, 0.5) is 0 Å².